The van der Waals surface area contributed by atoms with E-state index in [0.717, 1.165) is 66.3 Å². The Hall–Kier alpha value is -7.72. The number of fused-ring (bicyclic) bond motifs is 2. The van der Waals surface area contributed by atoms with Gasteiger partial charge in [0, 0.05) is 57.9 Å². The third kappa shape index (κ3) is 7.04. The predicted octanol–water partition coefficient (Wildman–Crippen LogP) is 15.7. The van der Waals surface area contributed by atoms with Crippen LogP contribution in [0.4, 0.5) is 55.9 Å². The van der Waals surface area contributed by atoms with E-state index in [4.69, 9.17) is 0 Å². The molecule has 0 unspecified atom stereocenters. The second-order valence-electron chi connectivity index (χ2n) is 16.8. The van der Waals surface area contributed by atoms with Crippen molar-refractivity contribution in [3.8, 4) is 11.1 Å². The first-order valence-corrected chi connectivity index (χ1v) is 21.9. The van der Waals surface area contributed by atoms with Crippen LogP contribution in [0.3, 0.4) is 0 Å². The summed E-state index contributed by atoms with van der Waals surface area (Å²) in [6.07, 6.45) is -4.57. The summed E-state index contributed by atoms with van der Waals surface area (Å²) in [6.45, 7) is 2.58. The number of para-hydroxylation sites is 4. The first kappa shape index (κ1) is 42.2. The lowest BCUT2D eigenvalue weighted by molar-refractivity contribution is -0.363. The summed E-state index contributed by atoms with van der Waals surface area (Å²) in [7, 11) is 0. The van der Waals surface area contributed by atoms with Crippen LogP contribution in [0.25, 0.3) is 22.3 Å². The highest BCUT2D eigenvalue weighted by Gasteiger charge is 2.57. The number of alkyl halides is 3. The maximum atomic E-state index is 17.9. The van der Waals surface area contributed by atoms with Gasteiger partial charge >= 0.3 is 13.1 Å². The van der Waals surface area contributed by atoms with E-state index in [-0.39, 0.29) is 11.4 Å². The molecular formula is C56H44BF5N4. The van der Waals surface area contributed by atoms with Gasteiger partial charge in [-0.3, -0.25) is 0 Å². The molecule has 0 saturated carbocycles. The van der Waals surface area contributed by atoms with Crippen LogP contribution in [-0.4, -0.2) is 21.6 Å². The lowest BCUT2D eigenvalue weighted by Gasteiger charge is -2.34. The van der Waals surface area contributed by atoms with E-state index in [2.05, 4.69) is 9.80 Å². The third-order valence-electron chi connectivity index (χ3n) is 12.9. The van der Waals surface area contributed by atoms with Crippen molar-refractivity contribution >= 4 is 58.0 Å². The van der Waals surface area contributed by atoms with Crippen molar-refractivity contribution in [1.29, 1.82) is 0 Å². The Morgan fingerprint density at radius 3 is 1.23 bits per heavy atom. The maximum absolute atomic E-state index is 17.9. The highest BCUT2D eigenvalue weighted by molar-refractivity contribution is 6.59. The quantitative estimate of drug-likeness (QED) is 0.106. The van der Waals surface area contributed by atoms with Crippen LogP contribution in [0.5, 0.6) is 0 Å². The van der Waals surface area contributed by atoms with Crippen molar-refractivity contribution in [2.24, 2.45) is 0 Å². The number of benzene rings is 7. The topological polar surface area (TPSA) is 14.4 Å². The van der Waals surface area contributed by atoms with Crippen molar-refractivity contribution in [1.82, 2.24) is 4.48 Å². The molecule has 3 heterocycles. The first-order chi connectivity index (χ1) is 31.8. The van der Waals surface area contributed by atoms with Crippen LogP contribution in [-0.2, 0) is 6.18 Å². The molecule has 0 N–H and O–H groups in total. The summed E-state index contributed by atoms with van der Waals surface area (Å²) in [5.74, 6) is 0. The van der Waals surface area contributed by atoms with E-state index in [1.54, 1.807) is 13.8 Å². The van der Waals surface area contributed by atoms with Gasteiger partial charge in [-0.1, -0.05) is 109 Å². The smallest absolute Gasteiger partial charge is 0.393 e. The lowest BCUT2D eigenvalue weighted by Crippen LogP contribution is -2.51. The molecule has 0 saturated heterocycles. The molecule has 4 nitrogen and oxygen atoms in total. The van der Waals surface area contributed by atoms with Crippen molar-refractivity contribution in [2.75, 3.05) is 9.80 Å². The zero-order chi connectivity index (χ0) is 45.9. The molecule has 2 aliphatic heterocycles. The number of hydrogen-bond acceptors (Lipinski definition) is 2. The van der Waals surface area contributed by atoms with E-state index in [1.165, 1.54) is 12.1 Å². The summed E-state index contributed by atoms with van der Waals surface area (Å²) in [4.78, 5) is 4.27. The molecule has 8 aromatic rings. The predicted molar refractivity (Wildman–Crippen MR) is 260 cm³/mol. The van der Waals surface area contributed by atoms with Gasteiger partial charge in [-0.2, -0.15) is 13.2 Å². The normalized spacial score (nSPS) is 14.4. The van der Waals surface area contributed by atoms with Crippen molar-refractivity contribution in [2.45, 2.75) is 33.9 Å². The van der Waals surface area contributed by atoms with Gasteiger partial charge in [0.2, 0.25) is 0 Å². The molecular weight excluding hydrogens is 834 g/mol. The molecule has 0 atom stereocenters. The molecule has 66 heavy (non-hydrogen) atoms. The second kappa shape index (κ2) is 16.4. The monoisotopic (exact) mass is 878 g/mol. The molecule has 0 spiro atoms. The van der Waals surface area contributed by atoms with E-state index in [1.807, 2.05) is 184 Å². The maximum Gasteiger partial charge on any atom is 0.737 e. The number of anilines is 6. The van der Waals surface area contributed by atoms with Crippen LogP contribution in [0.2, 0.25) is 0 Å². The minimum atomic E-state index is -4.57. The molecule has 1 aromatic heterocycles. The van der Waals surface area contributed by atoms with Gasteiger partial charge in [-0.15, -0.1) is 0 Å². The van der Waals surface area contributed by atoms with E-state index in [0.29, 0.717) is 44.8 Å². The van der Waals surface area contributed by atoms with Crippen molar-refractivity contribution < 1.29 is 26.3 Å². The highest BCUT2D eigenvalue weighted by atomic mass is 19.4. The Bertz CT molecular complexity index is 3120. The number of nitrogens with zero attached hydrogens (tertiary/aromatic N) is 4. The number of rotatable bonds is 9. The first-order valence-electron chi connectivity index (χ1n) is 21.9. The van der Waals surface area contributed by atoms with E-state index >= 15 is 8.63 Å². The largest absolute Gasteiger partial charge is 0.737 e. The number of hydrogen-bond donors (Lipinski definition) is 0. The number of aromatic nitrogens is 1. The van der Waals surface area contributed by atoms with Crippen LogP contribution in [0.1, 0.15) is 47.5 Å². The van der Waals surface area contributed by atoms with Gasteiger partial charge in [0.25, 0.3) is 0 Å². The molecule has 2 aliphatic rings. The zero-order valence-corrected chi connectivity index (χ0v) is 36.7. The Labute approximate surface area is 381 Å². The molecule has 0 radical (unpaired) electrons. The molecule has 10 rings (SSSR count). The van der Waals surface area contributed by atoms with Gasteiger partial charge in [0.05, 0.1) is 16.7 Å². The Kier molecular flexibility index (Phi) is 10.5. The van der Waals surface area contributed by atoms with Gasteiger partial charge < -0.3 is 27.4 Å². The number of halogens is 5. The molecule has 0 fully saturated rings. The van der Waals surface area contributed by atoms with Gasteiger partial charge in [-0.05, 0) is 134 Å². The summed E-state index contributed by atoms with van der Waals surface area (Å²) < 4.78 is 80.1. The molecule has 0 bridgehead atoms. The zero-order valence-electron chi connectivity index (χ0n) is 36.7. The summed E-state index contributed by atoms with van der Waals surface area (Å²) >= 11 is 0. The SMILES string of the molecule is CC1=C(c2ccc(N(c3ccccc3)c3ccccc3)cc2)C(C)=[N+]2C1=C(c1ccc(C(F)(F)F)cc1)c1c(C)c(-c3ccc(N(c4ccccc4)c4ccccc4)cc3)c(C)n1[B-]2(F)F. The lowest BCUT2D eigenvalue weighted by atomic mass is 9.83. The van der Waals surface area contributed by atoms with Gasteiger partial charge in [-0.25, -0.2) is 0 Å². The average Bonchev–Trinajstić information content (AvgIpc) is 3.76. The molecule has 0 aliphatic carbocycles. The van der Waals surface area contributed by atoms with Crippen LogP contribution < -0.4 is 9.80 Å². The number of allylic oxidation sites excluding steroid dienone is 2. The third-order valence-corrected chi connectivity index (χ3v) is 12.9. The summed E-state index contributed by atoms with van der Waals surface area (Å²) in [6, 6.07) is 60.6. The standard InChI is InChI=1S/C56H44BF5N4/c1-37-51(41-27-33-49(34-28-41)63(45-17-9-5-10-18-45)46-19-11-6-12-20-46)39(3)65-54(37)53(43-25-31-44(32-26-43)56(58,59)60)55-38(2)52(40(4)66(55)57(65,61)62)42-29-35-50(36-30-42)64(47-21-13-7-14-22-47)48-23-15-8-16-24-48/h5-36H,1-4H3. The second-order valence-corrected chi connectivity index (χ2v) is 16.8. The van der Waals surface area contributed by atoms with Crippen LogP contribution in [0.15, 0.2) is 205 Å². The van der Waals surface area contributed by atoms with E-state index < -0.39 is 18.7 Å². The van der Waals surface area contributed by atoms with E-state index in [9.17, 15) is 13.2 Å². The van der Waals surface area contributed by atoms with Crippen molar-refractivity contribution in [3.63, 3.8) is 0 Å². The minimum Gasteiger partial charge on any atom is -0.393 e. The molecule has 7 aromatic carbocycles. The Balaban J connectivity index is 1.13. The Morgan fingerprint density at radius 2 is 0.818 bits per heavy atom. The fourth-order valence-corrected chi connectivity index (χ4v) is 10.0. The van der Waals surface area contributed by atoms with Gasteiger partial charge in [0.15, 0.2) is 5.70 Å². The highest BCUT2D eigenvalue weighted by Crippen LogP contribution is 2.50. The Morgan fingerprint density at radius 1 is 0.455 bits per heavy atom. The van der Waals surface area contributed by atoms with Crippen molar-refractivity contribution in [3.05, 3.63) is 239 Å². The minimum absolute atomic E-state index is 0.280. The summed E-state index contributed by atoms with van der Waals surface area (Å²) in [5.41, 5.74) is 10.9. The van der Waals surface area contributed by atoms with Crippen LogP contribution in [0, 0.1) is 13.8 Å². The fourth-order valence-electron chi connectivity index (χ4n) is 10.0. The molecule has 0 amide bonds. The van der Waals surface area contributed by atoms with Gasteiger partial charge in [0.1, 0.15) is 5.71 Å². The molecule has 326 valence electrons. The average molecular weight is 879 g/mol. The summed E-state index contributed by atoms with van der Waals surface area (Å²) in [5, 5.41) is 0. The fraction of sp³-hybridized carbons (Fsp3) is 0.0893. The molecule has 10 heteroatoms. The van der Waals surface area contributed by atoms with Crippen LogP contribution >= 0.6 is 0 Å².